The Labute approximate surface area is 198 Å². The number of nitro groups is 1. The van der Waals surface area contributed by atoms with E-state index in [0.717, 1.165) is 36.8 Å². The summed E-state index contributed by atoms with van der Waals surface area (Å²) in [7, 11) is 0. The summed E-state index contributed by atoms with van der Waals surface area (Å²) >= 11 is 0. The number of amides is 1. The number of carbonyl (C=O) groups is 1. The van der Waals surface area contributed by atoms with E-state index >= 15 is 0 Å². The summed E-state index contributed by atoms with van der Waals surface area (Å²) in [6.07, 6.45) is 7.65. The maximum atomic E-state index is 13.2. The van der Waals surface area contributed by atoms with E-state index in [0.29, 0.717) is 0 Å². The number of carbonyl (C=O) groups excluding carboxylic acids is 1. The van der Waals surface area contributed by atoms with Crippen LogP contribution in [0.4, 0.5) is 17.3 Å². The molecule has 0 saturated heterocycles. The van der Waals surface area contributed by atoms with Gasteiger partial charge in [-0.3, -0.25) is 25.8 Å². The fourth-order valence-electron chi connectivity index (χ4n) is 4.35. The Morgan fingerprint density at radius 2 is 1.44 bits per heavy atom. The molecule has 0 bridgehead atoms. The van der Waals surface area contributed by atoms with Crippen LogP contribution in [-0.4, -0.2) is 26.8 Å². The molecule has 1 amide bonds. The molecule has 9 nitrogen and oxygen atoms in total. The van der Waals surface area contributed by atoms with Crippen molar-refractivity contribution in [2.45, 2.75) is 50.5 Å². The number of benzene rings is 2. The Hall–Kier alpha value is -4.01. The van der Waals surface area contributed by atoms with Gasteiger partial charge in [-0.25, -0.2) is 9.97 Å². The predicted molar refractivity (Wildman–Crippen MR) is 130 cm³/mol. The van der Waals surface area contributed by atoms with E-state index in [-0.39, 0.29) is 29.3 Å². The number of rotatable bonds is 8. The molecule has 1 fully saturated rings. The van der Waals surface area contributed by atoms with Gasteiger partial charge in [0.2, 0.25) is 17.5 Å². The van der Waals surface area contributed by atoms with Gasteiger partial charge in [-0.1, -0.05) is 86.3 Å². The number of hydrogen-bond donors (Lipinski definition) is 3. The van der Waals surface area contributed by atoms with E-state index in [4.69, 9.17) is 0 Å². The van der Waals surface area contributed by atoms with Crippen LogP contribution in [0.3, 0.4) is 0 Å². The van der Waals surface area contributed by atoms with E-state index < -0.39 is 10.8 Å². The molecule has 9 heteroatoms. The Bertz CT molecular complexity index is 1060. The van der Waals surface area contributed by atoms with E-state index in [1.165, 1.54) is 19.2 Å². The fraction of sp³-hybridized carbons (Fsp3) is 0.320. The first-order valence-corrected chi connectivity index (χ1v) is 11.5. The lowest BCUT2D eigenvalue weighted by Gasteiger charge is -2.19. The smallest absolute Gasteiger partial charge is 0.354 e. The van der Waals surface area contributed by atoms with E-state index in [9.17, 15) is 14.9 Å². The lowest BCUT2D eigenvalue weighted by molar-refractivity contribution is -0.383. The van der Waals surface area contributed by atoms with Crippen LogP contribution in [0.1, 0.15) is 55.6 Å². The van der Waals surface area contributed by atoms with Crippen LogP contribution >= 0.6 is 0 Å². The number of hydrogen-bond acceptors (Lipinski definition) is 7. The molecule has 1 aromatic heterocycles. The lowest BCUT2D eigenvalue weighted by atomic mass is 9.91. The quantitative estimate of drug-likeness (QED) is 0.251. The lowest BCUT2D eigenvalue weighted by Crippen LogP contribution is -2.35. The molecule has 4 rings (SSSR count). The highest BCUT2D eigenvalue weighted by Crippen LogP contribution is 2.31. The fourth-order valence-corrected chi connectivity index (χ4v) is 4.35. The summed E-state index contributed by atoms with van der Waals surface area (Å²) in [5.41, 5.74) is 6.62. The molecular formula is C25H28N6O3. The zero-order chi connectivity index (χ0) is 23.8. The first kappa shape index (κ1) is 23.2. The zero-order valence-electron chi connectivity index (χ0n) is 18.8. The van der Waals surface area contributed by atoms with Crippen LogP contribution in [0.2, 0.25) is 0 Å². The van der Waals surface area contributed by atoms with Crippen molar-refractivity contribution in [3.63, 3.8) is 0 Å². The van der Waals surface area contributed by atoms with Crippen molar-refractivity contribution in [3.05, 3.63) is 88.2 Å². The summed E-state index contributed by atoms with van der Waals surface area (Å²) < 4.78 is 0. The minimum atomic E-state index is -0.598. The number of nitrogens with one attached hydrogen (secondary N) is 3. The van der Waals surface area contributed by atoms with Crippen molar-refractivity contribution in [2.75, 3.05) is 10.7 Å². The molecule has 34 heavy (non-hydrogen) atoms. The van der Waals surface area contributed by atoms with E-state index in [1.54, 1.807) is 0 Å². The second-order valence-corrected chi connectivity index (χ2v) is 8.38. The Morgan fingerprint density at radius 1 is 0.882 bits per heavy atom. The molecule has 1 aliphatic carbocycles. The Morgan fingerprint density at radius 3 is 2.00 bits per heavy atom. The van der Waals surface area contributed by atoms with E-state index in [1.807, 2.05) is 60.7 Å². The Kier molecular flexibility index (Phi) is 7.64. The topological polar surface area (TPSA) is 122 Å². The van der Waals surface area contributed by atoms with Gasteiger partial charge in [0, 0.05) is 6.04 Å². The van der Waals surface area contributed by atoms with Crippen LogP contribution in [-0.2, 0) is 4.79 Å². The van der Waals surface area contributed by atoms with Crippen LogP contribution in [0, 0.1) is 10.1 Å². The van der Waals surface area contributed by atoms with Crippen molar-refractivity contribution in [2.24, 2.45) is 0 Å². The number of nitrogens with zero attached hydrogens (tertiary/aromatic N) is 3. The van der Waals surface area contributed by atoms with Gasteiger partial charge in [-0.05, 0) is 24.0 Å². The largest absolute Gasteiger partial charge is 0.361 e. The van der Waals surface area contributed by atoms with Crippen LogP contribution in [0.5, 0.6) is 0 Å². The molecule has 0 aliphatic heterocycles. The normalized spacial score (nSPS) is 14.3. The van der Waals surface area contributed by atoms with Crippen LogP contribution in [0.25, 0.3) is 0 Å². The molecule has 3 N–H and O–H groups in total. The monoisotopic (exact) mass is 460 g/mol. The Balaban J connectivity index is 1.54. The van der Waals surface area contributed by atoms with Gasteiger partial charge in [0.05, 0.1) is 10.8 Å². The molecule has 0 atom stereocenters. The molecule has 1 aliphatic rings. The third-order valence-electron chi connectivity index (χ3n) is 6.03. The van der Waals surface area contributed by atoms with Crippen molar-refractivity contribution in [3.8, 4) is 0 Å². The molecule has 1 saturated carbocycles. The molecule has 1 heterocycles. The van der Waals surface area contributed by atoms with Crippen molar-refractivity contribution in [1.82, 2.24) is 15.4 Å². The minimum absolute atomic E-state index is 0.0654. The number of aromatic nitrogens is 2. The molecule has 3 aromatic rings. The van der Waals surface area contributed by atoms with Gasteiger partial charge in [0.15, 0.2) is 0 Å². The molecule has 176 valence electrons. The second-order valence-electron chi connectivity index (χ2n) is 8.38. The van der Waals surface area contributed by atoms with Gasteiger partial charge >= 0.3 is 5.69 Å². The van der Waals surface area contributed by atoms with Crippen LogP contribution in [0.15, 0.2) is 67.0 Å². The van der Waals surface area contributed by atoms with Crippen molar-refractivity contribution >= 4 is 23.2 Å². The van der Waals surface area contributed by atoms with Gasteiger partial charge in [0.25, 0.3) is 0 Å². The average Bonchev–Trinajstić information content (AvgIpc) is 3.13. The van der Waals surface area contributed by atoms with Crippen molar-refractivity contribution < 1.29 is 9.72 Å². The summed E-state index contributed by atoms with van der Waals surface area (Å²) in [5.74, 6) is -0.862. The van der Waals surface area contributed by atoms with Crippen LogP contribution < -0.4 is 16.2 Å². The summed E-state index contributed by atoms with van der Waals surface area (Å²) in [5, 5.41) is 15.1. The number of anilines is 2. The highest BCUT2D eigenvalue weighted by molar-refractivity contribution is 5.88. The highest BCUT2D eigenvalue weighted by atomic mass is 16.6. The molecule has 0 radical (unpaired) electrons. The van der Waals surface area contributed by atoms with Gasteiger partial charge in [-0.2, -0.15) is 0 Å². The van der Waals surface area contributed by atoms with Gasteiger partial charge < -0.3 is 5.32 Å². The summed E-state index contributed by atoms with van der Waals surface area (Å²) in [6.45, 7) is 0. The maximum absolute atomic E-state index is 13.2. The third kappa shape index (κ3) is 5.67. The molecular weight excluding hydrogens is 432 g/mol. The maximum Gasteiger partial charge on any atom is 0.354 e. The number of hydrazine groups is 1. The second kappa shape index (κ2) is 11.2. The molecule has 0 unspecified atom stereocenters. The third-order valence-corrected chi connectivity index (χ3v) is 6.03. The molecule has 2 aromatic carbocycles. The minimum Gasteiger partial charge on any atom is -0.361 e. The molecule has 0 spiro atoms. The standard InChI is InChI=1S/C25H28N6O3/c32-25(21(18-11-5-3-6-12-18)19-13-7-4-8-14-19)30-29-24-22(31(33)34)23(26-17-27-24)28-20-15-9-1-2-10-16-20/h3-8,11-14,17,20-21H,1-2,9-10,15-16H2,(H,30,32)(H2,26,27,28,29). The summed E-state index contributed by atoms with van der Waals surface area (Å²) in [4.78, 5) is 32.8. The SMILES string of the molecule is O=C(NNc1ncnc(NC2CCCCCC2)c1[N+](=O)[O-])C(c1ccccc1)c1ccccc1. The first-order chi connectivity index (χ1) is 16.6. The predicted octanol–water partition coefficient (Wildman–Crippen LogP) is 4.79. The highest BCUT2D eigenvalue weighted by Gasteiger charge is 2.27. The van der Waals surface area contributed by atoms with Gasteiger partial charge in [-0.15, -0.1) is 0 Å². The van der Waals surface area contributed by atoms with Crippen molar-refractivity contribution in [1.29, 1.82) is 0 Å². The average molecular weight is 461 g/mol. The van der Waals surface area contributed by atoms with Gasteiger partial charge in [0.1, 0.15) is 6.33 Å². The van der Waals surface area contributed by atoms with E-state index in [2.05, 4.69) is 26.1 Å². The summed E-state index contributed by atoms with van der Waals surface area (Å²) in [6, 6.07) is 18.9. The zero-order valence-corrected chi connectivity index (χ0v) is 18.8. The first-order valence-electron chi connectivity index (χ1n) is 11.5.